The van der Waals surface area contributed by atoms with Gasteiger partial charge in [0.25, 0.3) is 0 Å². The molecule has 0 aliphatic carbocycles. The normalized spacial score (nSPS) is 12.4. The van der Waals surface area contributed by atoms with Gasteiger partial charge in [-0.15, -0.1) is 0 Å². The smallest absolute Gasteiger partial charge is 0.306 e. The van der Waals surface area contributed by atoms with E-state index in [0.29, 0.717) is 19.3 Å². The van der Waals surface area contributed by atoms with Crippen molar-refractivity contribution in [3.63, 3.8) is 0 Å². The Morgan fingerprint density at radius 2 is 0.462 bits per heavy atom. The number of carbonyl (C=O) groups is 3. The zero-order valence-electron chi connectivity index (χ0n) is 52.2. The highest BCUT2D eigenvalue weighted by Gasteiger charge is 2.19. The summed E-state index contributed by atoms with van der Waals surface area (Å²) in [5.74, 6) is -0.868. The molecule has 6 nitrogen and oxygen atoms in total. The highest BCUT2D eigenvalue weighted by molar-refractivity contribution is 5.71. The van der Waals surface area contributed by atoms with E-state index in [2.05, 4.69) is 81.5 Å². The van der Waals surface area contributed by atoms with Crippen LogP contribution in [0, 0.1) is 0 Å². The van der Waals surface area contributed by atoms with E-state index >= 15 is 0 Å². The summed E-state index contributed by atoms with van der Waals surface area (Å²) in [6.45, 7) is 6.65. The molecule has 0 saturated heterocycles. The molecule has 0 aliphatic rings. The van der Waals surface area contributed by atoms with Crippen molar-refractivity contribution >= 4 is 17.9 Å². The lowest BCUT2D eigenvalue weighted by Crippen LogP contribution is -2.30. The average Bonchev–Trinajstić information content (AvgIpc) is 3.44. The van der Waals surface area contributed by atoms with E-state index in [9.17, 15) is 14.4 Å². The largest absolute Gasteiger partial charge is 0.462 e. The second kappa shape index (κ2) is 66.6. The summed E-state index contributed by atoms with van der Waals surface area (Å²) in [6, 6.07) is 0. The number of esters is 3. The first-order chi connectivity index (χ1) is 38.5. The van der Waals surface area contributed by atoms with Crippen molar-refractivity contribution in [2.24, 2.45) is 0 Å². The van der Waals surface area contributed by atoms with Crippen LogP contribution in [0.1, 0.15) is 361 Å². The molecule has 0 heterocycles. The topological polar surface area (TPSA) is 78.9 Å². The third-order valence-electron chi connectivity index (χ3n) is 15.2. The predicted octanol–water partition coefficient (Wildman–Crippen LogP) is 23.5. The lowest BCUT2D eigenvalue weighted by molar-refractivity contribution is -0.167. The van der Waals surface area contributed by atoms with Gasteiger partial charge in [0.05, 0.1) is 0 Å². The first-order valence-electron chi connectivity index (χ1n) is 34.3. The molecule has 0 N–H and O–H groups in total. The van der Waals surface area contributed by atoms with Crippen molar-refractivity contribution in [3.8, 4) is 0 Å². The van der Waals surface area contributed by atoms with Crippen LogP contribution < -0.4 is 0 Å². The van der Waals surface area contributed by atoms with Crippen LogP contribution in [0.5, 0.6) is 0 Å². The first-order valence-corrected chi connectivity index (χ1v) is 34.3. The number of rotatable bonds is 63. The van der Waals surface area contributed by atoms with Crippen LogP contribution in [0.2, 0.25) is 0 Å². The van der Waals surface area contributed by atoms with E-state index in [4.69, 9.17) is 14.2 Å². The van der Waals surface area contributed by atoms with Crippen molar-refractivity contribution in [1.29, 1.82) is 0 Å². The molecule has 0 fully saturated rings. The maximum absolute atomic E-state index is 12.9. The second-order valence-corrected chi connectivity index (χ2v) is 23.1. The summed E-state index contributed by atoms with van der Waals surface area (Å²) in [6.07, 6.45) is 85.2. The van der Waals surface area contributed by atoms with Crippen LogP contribution in [-0.4, -0.2) is 37.2 Å². The quantitative estimate of drug-likeness (QED) is 0.0261. The molecule has 0 spiro atoms. The Hall–Kier alpha value is -2.89. The molecule has 0 rings (SSSR count). The molecule has 0 aromatic heterocycles. The molecule has 0 aliphatic heterocycles. The SMILES string of the molecule is CCCCCCC/C=C\C/C=C\C/C=C\CCCCCCCCC(=O)OC(COC(=O)CCCCCCCCCCCCCC)COC(=O)CCCCCCCCCCCCCCCCC/C=C\C/C=C\CCCCCCC. The molecular weight excluding hydrogens is 961 g/mol. The number of allylic oxidation sites excluding steroid dienone is 10. The van der Waals surface area contributed by atoms with Crippen molar-refractivity contribution in [2.75, 3.05) is 13.2 Å². The lowest BCUT2D eigenvalue weighted by Gasteiger charge is -2.18. The molecule has 0 radical (unpaired) electrons. The third-order valence-corrected chi connectivity index (χ3v) is 15.2. The summed E-state index contributed by atoms with van der Waals surface area (Å²) < 4.78 is 17.0. The summed E-state index contributed by atoms with van der Waals surface area (Å²) in [4.78, 5) is 38.3. The molecular formula is C72H130O6. The highest BCUT2D eigenvalue weighted by atomic mass is 16.6. The van der Waals surface area contributed by atoms with Gasteiger partial charge in [0.1, 0.15) is 13.2 Å². The number of ether oxygens (including phenoxy) is 3. The van der Waals surface area contributed by atoms with Gasteiger partial charge in [-0.05, 0) is 89.9 Å². The molecule has 0 aromatic carbocycles. The Bertz CT molecular complexity index is 1390. The summed E-state index contributed by atoms with van der Waals surface area (Å²) >= 11 is 0. The van der Waals surface area contributed by atoms with Gasteiger partial charge < -0.3 is 14.2 Å². The van der Waals surface area contributed by atoms with Gasteiger partial charge in [-0.3, -0.25) is 14.4 Å². The van der Waals surface area contributed by atoms with Gasteiger partial charge >= 0.3 is 17.9 Å². The minimum absolute atomic E-state index is 0.0756. The fourth-order valence-corrected chi connectivity index (χ4v) is 10.1. The first kappa shape index (κ1) is 75.1. The maximum atomic E-state index is 12.9. The van der Waals surface area contributed by atoms with E-state index in [-0.39, 0.29) is 31.1 Å². The summed E-state index contributed by atoms with van der Waals surface area (Å²) in [5.41, 5.74) is 0. The Labute approximate surface area is 485 Å². The van der Waals surface area contributed by atoms with Crippen molar-refractivity contribution < 1.29 is 28.6 Å². The molecule has 1 atom stereocenters. The Morgan fingerprint density at radius 3 is 0.718 bits per heavy atom. The molecule has 0 amide bonds. The molecule has 6 heteroatoms. The van der Waals surface area contributed by atoms with Crippen LogP contribution in [0.25, 0.3) is 0 Å². The van der Waals surface area contributed by atoms with E-state index in [1.165, 1.54) is 238 Å². The molecule has 0 aromatic rings. The van der Waals surface area contributed by atoms with Crippen molar-refractivity contribution in [2.45, 2.75) is 367 Å². The van der Waals surface area contributed by atoms with E-state index in [0.717, 1.165) is 83.5 Å². The van der Waals surface area contributed by atoms with Gasteiger partial charge in [0.2, 0.25) is 0 Å². The zero-order valence-corrected chi connectivity index (χ0v) is 52.2. The second-order valence-electron chi connectivity index (χ2n) is 23.1. The predicted molar refractivity (Wildman–Crippen MR) is 339 cm³/mol. The van der Waals surface area contributed by atoms with E-state index in [1.807, 2.05) is 0 Å². The molecule has 78 heavy (non-hydrogen) atoms. The van der Waals surface area contributed by atoms with Crippen molar-refractivity contribution in [1.82, 2.24) is 0 Å². The average molecular weight is 1090 g/mol. The molecule has 1 unspecified atom stereocenters. The standard InChI is InChI=1S/C72H130O6/c1-4-7-10-13-16-19-22-25-27-29-31-33-34-35-36-37-38-40-41-43-45-47-50-53-56-59-62-65-71(74)77-68-69(67-76-70(73)64-61-58-55-52-49-24-21-18-15-12-9-6-3)78-72(75)66-63-60-57-54-51-48-46-44-42-39-32-30-28-26-23-20-17-14-11-8-5-2/h22-23,25-26,29-32,42,44,69H,4-21,24,27-28,33-41,43,45-68H2,1-3H3/b25-22-,26-23-,31-29-,32-30-,44-42-. The minimum Gasteiger partial charge on any atom is -0.462 e. The molecule has 0 bridgehead atoms. The summed E-state index contributed by atoms with van der Waals surface area (Å²) in [5, 5.41) is 0. The maximum Gasteiger partial charge on any atom is 0.306 e. The van der Waals surface area contributed by atoms with Gasteiger partial charge in [0.15, 0.2) is 6.10 Å². The van der Waals surface area contributed by atoms with Crippen LogP contribution in [0.4, 0.5) is 0 Å². The number of carbonyl (C=O) groups excluding carboxylic acids is 3. The van der Waals surface area contributed by atoms with E-state index in [1.54, 1.807) is 0 Å². The number of hydrogen-bond donors (Lipinski definition) is 0. The van der Waals surface area contributed by atoms with E-state index < -0.39 is 6.10 Å². The van der Waals surface area contributed by atoms with Gasteiger partial charge in [-0.1, -0.05) is 313 Å². The van der Waals surface area contributed by atoms with Crippen LogP contribution in [0.15, 0.2) is 60.8 Å². The van der Waals surface area contributed by atoms with Gasteiger partial charge in [0, 0.05) is 19.3 Å². The van der Waals surface area contributed by atoms with Crippen LogP contribution in [-0.2, 0) is 28.6 Å². The third kappa shape index (κ3) is 63.9. The minimum atomic E-state index is -0.780. The monoisotopic (exact) mass is 1090 g/mol. The lowest BCUT2D eigenvalue weighted by atomic mass is 10.0. The van der Waals surface area contributed by atoms with Gasteiger partial charge in [-0.2, -0.15) is 0 Å². The van der Waals surface area contributed by atoms with Gasteiger partial charge in [-0.25, -0.2) is 0 Å². The Morgan fingerprint density at radius 1 is 0.256 bits per heavy atom. The highest BCUT2D eigenvalue weighted by Crippen LogP contribution is 2.17. The zero-order chi connectivity index (χ0) is 56.4. The Kier molecular flexibility index (Phi) is 64.2. The van der Waals surface area contributed by atoms with Crippen molar-refractivity contribution in [3.05, 3.63) is 60.8 Å². The molecule has 454 valence electrons. The number of unbranched alkanes of at least 4 members (excludes halogenated alkanes) is 42. The fourth-order valence-electron chi connectivity index (χ4n) is 10.1. The van der Waals surface area contributed by atoms with Crippen LogP contribution in [0.3, 0.4) is 0 Å². The fraction of sp³-hybridized carbons (Fsp3) is 0.819. The van der Waals surface area contributed by atoms with Crippen LogP contribution >= 0.6 is 0 Å². The number of hydrogen-bond acceptors (Lipinski definition) is 6. The Balaban J connectivity index is 4.25. The molecule has 0 saturated carbocycles. The summed E-state index contributed by atoms with van der Waals surface area (Å²) in [7, 11) is 0.